The third-order valence-corrected chi connectivity index (χ3v) is 5.34. The lowest BCUT2D eigenvalue weighted by Crippen LogP contribution is -2.31. The Balaban J connectivity index is 2.39. The fourth-order valence-corrected chi connectivity index (χ4v) is 3.74. The first-order valence-corrected chi connectivity index (χ1v) is 8.08. The molecule has 0 aromatic heterocycles. The molecule has 0 saturated heterocycles. The molecule has 3 unspecified atom stereocenters. The molecule has 2 rings (SSSR count). The number of hydrogen-bond donors (Lipinski definition) is 1. The van der Waals surface area contributed by atoms with Crippen LogP contribution in [-0.4, -0.2) is 6.54 Å². The first-order chi connectivity index (χ1) is 9.45. The van der Waals surface area contributed by atoms with Crippen molar-refractivity contribution in [1.29, 1.82) is 0 Å². The van der Waals surface area contributed by atoms with Crippen molar-refractivity contribution in [1.82, 2.24) is 0 Å². The molecule has 112 valence electrons. The predicted octanol–water partition coefficient (Wildman–Crippen LogP) is 4.84. The van der Waals surface area contributed by atoms with Gasteiger partial charge in [-0.05, 0) is 77.5 Å². The lowest BCUT2D eigenvalue weighted by Gasteiger charge is -2.38. The van der Waals surface area contributed by atoms with E-state index in [4.69, 9.17) is 5.73 Å². The average molecular weight is 346 g/mol. The molecule has 1 aromatic carbocycles. The first-order valence-electron chi connectivity index (χ1n) is 7.29. The van der Waals surface area contributed by atoms with Crippen molar-refractivity contribution in [2.75, 3.05) is 6.54 Å². The third kappa shape index (κ3) is 3.06. The Labute approximate surface area is 128 Å². The van der Waals surface area contributed by atoms with Crippen LogP contribution in [0.15, 0.2) is 16.6 Å². The standard InChI is InChI=1S/C16H22BrF2N/c1-9(2)10-3-4-11(8-20)12(7-10)15-14(18)6-5-13(17)16(15)19/h5-6,9-12H,3-4,7-8,20H2,1-2H3. The molecule has 1 aliphatic rings. The van der Waals surface area contributed by atoms with Gasteiger partial charge in [0.15, 0.2) is 0 Å². The van der Waals surface area contributed by atoms with Gasteiger partial charge in [-0.1, -0.05) is 13.8 Å². The molecule has 0 spiro atoms. The van der Waals surface area contributed by atoms with Crippen molar-refractivity contribution in [3.05, 3.63) is 33.8 Å². The highest BCUT2D eigenvalue weighted by Crippen LogP contribution is 2.45. The van der Waals surface area contributed by atoms with Gasteiger partial charge in [0.2, 0.25) is 0 Å². The fourth-order valence-electron chi connectivity index (χ4n) is 3.39. The first kappa shape index (κ1) is 15.9. The van der Waals surface area contributed by atoms with E-state index in [-0.39, 0.29) is 17.4 Å². The Bertz CT molecular complexity index is 476. The molecule has 20 heavy (non-hydrogen) atoms. The number of rotatable bonds is 3. The molecule has 4 heteroatoms. The maximum Gasteiger partial charge on any atom is 0.143 e. The van der Waals surface area contributed by atoms with Gasteiger partial charge in [-0.25, -0.2) is 8.78 Å². The molecule has 1 fully saturated rings. The second-order valence-electron chi connectivity index (χ2n) is 6.18. The molecule has 0 aliphatic heterocycles. The Kier molecular flexibility index (Phi) is 5.19. The van der Waals surface area contributed by atoms with E-state index in [1.165, 1.54) is 12.1 Å². The summed E-state index contributed by atoms with van der Waals surface area (Å²) in [6.07, 6.45) is 2.88. The van der Waals surface area contributed by atoms with Crippen LogP contribution in [0.3, 0.4) is 0 Å². The summed E-state index contributed by atoms with van der Waals surface area (Å²) >= 11 is 3.16. The van der Waals surface area contributed by atoms with Crippen molar-refractivity contribution in [3.8, 4) is 0 Å². The van der Waals surface area contributed by atoms with E-state index >= 15 is 0 Å². The summed E-state index contributed by atoms with van der Waals surface area (Å²) < 4.78 is 28.8. The van der Waals surface area contributed by atoms with Crippen LogP contribution in [0.5, 0.6) is 0 Å². The molecular formula is C16H22BrF2N. The van der Waals surface area contributed by atoms with Gasteiger partial charge in [0.25, 0.3) is 0 Å². The Morgan fingerprint density at radius 1 is 1.30 bits per heavy atom. The summed E-state index contributed by atoms with van der Waals surface area (Å²) in [7, 11) is 0. The molecule has 1 aliphatic carbocycles. The van der Waals surface area contributed by atoms with E-state index in [0.29, 0.717) is 22.9 Å². The van der Waals surface area contributed by atoms with Crippen molar-refractivity contribution in [2.45, 2.75) is 39.0 Å². The number of benzene rings is 1. The van der Waals surface area contributed by atoms with E-state index < -0.39 is 11.6 Å². The fraction of sp³-hybridized carbons (Fsp3) is 0.625. The zero-order chi connectivity index (χ0) is 14.9. The molecular weight excluding hydrogens is 324 g/mol. The van der Waals surface area contributed by atoms with Crippen LogP contribution >= 0.6 is 15.9 Å². The molecule has 3 atom stereocenters. The second-order valence-corrected chi connectivity index (χ2v) is 7.03. The predicted molar refractivity (Wildman–Crippen MR) is 81.5 cm³/mol. The quantitative estimate of drug-likeness (QED) is 0.779. The van der Waals surface area contributed by atoms with Gasteiger partial charge in [0.05, 0.1) is 4.47 Å². The minimum Gasteiger partial charge on any atom is -0.330 e. The van der Waals surface area contributed by atoms with Gasteiger partial charge in [-0.2, -0.15) is 0 Å². The normalized spacial score (nSPS) is 27.1. The van der Waals surface area contributed by atoms with Gasteiger partial charge in [-0.3, -0.25) is 0 Å². The van der Waals surface area contributed by atoms with Gasteiger partial charge in [0, 0.05) is 5.56 Å². The summed E-state index contributed by atoms with van der Waals surface area (Å²) in [6.45, 7) is 4.84. The zero-order valence-electron chi connectivity index (χ0n) is 12.0. The number of nitrogens with two attached hydrogens (primary N) is 1. The smallest absolute Gasteiger partial charge is 0.143 e. The molecule has 2 N–H and O–H groups in total. The molecule has 0 radical (unpaired) electrons. The maximum atomic E-state index is 14.4. The van der Waals surface area contributed by atoms with Crippen molar-refractivity contribution in [2.24, 2.45) is 23.5 Å². The van der Waals surface area contributed by atoms with Crippen molar-refractivity contribution in [3.63, 3.8) is 0 Å². The zero-order valence-corrected chi connectivity index (χ0v) is 13.6. The maximum absolute atomic E-state index is 14.4. The SMILES string of the molecule is CC(C)C1CCC(CN)C(c2c(F)ccc(Br)c2F)C1. The Morgan fingerprint density at radius 2 is 2.00 bits per heavy atom. The van der Waals surface area contributed by atoms with Crippen LogP contribution in [0.25, 0.3) is 0 Å². The second kappa shape index (κ2) is 6.52. The van der Waals surface area contributed by atoms with E-state index in [9.17, 15) is 8.78 Å². The van der Waals surface area contributed by atoms with Crippen molar-refractivity contribution < 1.29 is 8.78 Å². The molecule has 1 saturated carbocycles. The summed E-state index contributed by atoms with van der Waals surface area (Å²) in [5.41, 5.74) is 6.06. The Hall–Kier alpha value is -0.480. The van der Waals surface area contributed by atoms with Gasteiger partial charge in [-0.15, -0.1) is 0 Å². The highest BCUT2D eigenvalue weighted by Gasteiger charge is 2.35. The van der Waals surface area contributed by atoms with Crippen molar-refractivity contribution >= 4 is 15.9 Å². The van der Waals surface area contributed by atoms with Crippen LogP contribution < -0.4 is 5.73 Å². The summed E-state index contributed by atoms with van der Waals surface area (Å²) in [6, 6.07) is 2.77. The van der Waals surface area contributed by atoms with E-state index in [0.717, 1.165) is 19.3 Å². The Morgan fingerprint density at radius 3 is 2.60 bits per heavy atom. The van der Waals surface area contributed by atoms with Gasteiger partial charge < -0.3 is 5.73 Å². The molecule has 1 nitrogen and oxygen atoms in total. The minimum absolute atomic E-state index is 0.112. The van der Waals surface area contributed by atoms with Gasteiger partial charge in [0.1, 0.15) is 11.6 Å². The lowest BCUT2D eigenvalue weighted by atomic mass is 9.68. The minimum atomic E-state index is -0.460. The number of hydrogen-bond acceptors (Lipinski definition) is 1. The topological polar surface area (TPSA) is 26.0 Å². The van der Waals surface area contributed by atoms with E-state index in [2.05, 4.69) is 29.8 Å². The molecule has 0 bridgehead atoms. The lowest BCUT2D eigenvalue weighted by molar-refractivity contribution is 0.192. The van der Waals surface area contributed by atoms with E-state index in [1.54, 1.807) is 0 Å². The van der Waals surface area contributed by atoms with Crippen LogP contribution in [-0.2, 0) is 0 Å². The largest absolute Gasteiger partial charge is 0.330 e. The van der Waals surface area contributed by atoms with Gasteiger partial charge >= 0.3 is 0 Å². The van der Waals surface area contributed by atoms with Crippen LogP contribution in [0.2, 0.25) is 0 Å². The summed E-state index contributed by atoms with van der Waals surface area (Å²) in [4.78, 5) is 0. The highest BCUT2D eigenvalue weighted by atomic mass is 79.9. The monoisotopic (exact) mass is 345 g/mol. The van der Waals surface area contributed by atoms with Crippen LogP contribution in [0, 0.1) is 29.4 Å². The molecule has 0 heterocycles. The summed E-state index contributed by atoms with van der Waals surface area (Å²) in [5.74, 6) is 0.202. The van der Waals surface area contributed by atoms with Crippen LogP contribution in [0.1, 0.15) is 44.6 Å². The highest BCUT2D eigenvalue weighted by molar-refractivity contribution is 9.10. The third-order valence-electron chi connectivity index (χ3n) is 4.73. The number of halogens is 3. The van der Waals surface area contributed by atoms with Crippen LogP contribution in [0.4, 0.5) is 8.78 Å². The summed E-state index contributed by atoms with van der Waals surface area (Å²) in [5, 5.41) is 0. The molecule has 1 aromatic rings. The molecule has 0 amide bonds. The average Bonchev–Trinajstić information content (AvgIpc) is 2.43. The van der Waals surface area contributed by atoms with E-state index in [1.807, 2.05) is 0 Å².